The fraction of sp³-hybridized carbons (Fsp3) is 0.250. The van der Waals surface area contributed by atoms with Crippen molar-refractivity contribution in [1.29, 1.82) is 0 Å². The summed E-state index contributed by atoms with van der Waals surface area (Å²) in [6, 6.07) is 19.2. The van der Waals surface area contributed by atoms with Crippen molar-refractivity contribution < 1.29 is 18.3 Å². The van der Waals surface area contributed by atoms with E-state index in [1.807, 2.05) is 12.1 Å². The number of sulfonamides is 1. The van der Waals surface area contributed by atoms with Crippen molar-refractivity contribution in [3.63, 3.8) is 0 Å². The third-order valence-corrected chi connectivity index (χ3v) is 6.94. The minimum atomic E-state index is -3.76. The highest BCUT2D eigenvalue weighted by Crippen LogP contribution is 2.33. The summed E-state index contributed by atoms with van der Waals surface area (Å²) in [5.74, 6) is 0.436. The molecule has 1 saturated heterocycles. The van der Waals surface area contributed by atoms with Crippen LogP contribution in [0.5, 0.6) is 11.5 Å². The summed E-state index contributed by atoms with van der Waals surface area (Å²) in [5.41, 5.74) is 2.68. The Bertz CT molecular complexity index is 1200. The number of hydrogen-bond acceptors (Lipinski definition) is 7. The number of benzene rings is 3. The Kier molecular flexibility index (Phi) is 6.90. The van der Waals surface area contributed by atoms with Gasteiger partial charge in [0.05, 0.1) is 23.4 Å². The van der Waals surface area contributed by atoms with Gasteiger partial charge in [0.1, 0.15) is 0 Å². The molecule has 1 aliphatic heterocycles. The van der Waals surface area contributed by atoms with Crippen molar-refractivity contribution >= 4 is 27.1 Å². The molecule has 0 unspecified atom stereocenters. The molecule has 0 atom stereocenters. The lowest BCUT2D eigenvalue weighted by atomic mass is 10.1. The second kappa shape index (κ2) is 10.0. The van der Waals surface area contributed by atoms with Crippen molar-refractivity contribution in [3.05, 3.63) is 72.3 Å². The van der Waals surface area contributed by atoms with Gasteiger partial charge in [0.15, 0.2) is 11.5 Å². The van der Waals surface area contributed by atoms with E-state index in [1.54, 1.807) is 54.6 Å². The van der Waals surface area contributed by atoms with E-state index in [-0.39, 0.29) is 17.2 Å². The molecule has 0 aromatic heterocycles. The predicted octanol–water partition coefficient (Wildman–Crippen LogP) is 3.22. The van der Waals surface area contributed by atoms with E-state index >= 15 is 0 Å². The summed E-state index contributed by atoms with van der Waals surface area (Å²) in [4.78, 5) is 2.44. The predicted molar refractivity (Wildman–Crippen MR) is 131 cm³/mol. The van der Waals surface area contributed by atoms with Crippen molar-refractivity contribution in [2.45, 2.75) is 11.4 Å². The molecule has 0 radical (unpaired) electrons. The van der Waals surface area contributed by atoms with Gasteiger partial charge in [-0.3, -0.25) is 4.72 Å². The van der Waals surface area contributed by atoms with Crippen LogP contribution in [0.2, 0.25) is 0 Å². The van der Waals surface area contributed by atoms with Gasteiger partial charge in [-0.1, -0.05) is 30.3 Å². The molecule has 1 fully saturated rings. The molecule has 33 heavy (non-hydrogen) atoms. The Morgan fingerprint density at radius 1 is 1.00 bits per heavy atom. The van der Waals surface area contributed by atoms with Crippen LogP contribution < -0.4 is 25.0 Å². The number of hydrogen-bond donors (Lipinski definition) is 4. The second-order valence-electron chi connectivity index (χ2n) is 7.71. The molecule has 0 aliphatic carbocycles. The topological polar surface area (TPSA) is 103 Å². The fourth-order valence-electron chi connectivity index (χ4n) is 3.76. The van der Waals surface area contributed by atoms with Crippen molar-refractivity contribution in [1.82, 2.24) is 5.32 Å². The zero-order valence-corrected chi connectivity index (χ0v) is 19.2. The summed E-state index contributed by atoms with van der Waals surface area (Å²) < 4.78 is 33.8. The van der Waals surface area contributed by atoms with E-state index in [2.05, 4.69) is 20.3 Å². The maximum atomic E-state index is 12.9. The highest BCUT2D eigenvalue weighted by atomic mass is 32.2. The number of methoxy groups -OCH3 is 1. The van der Waals surface area contributed by atoms with Crippen LogP contribution in [0.15, 0.2) is 71.6 Å². The van der Waals surface area contributed by atoms with Crippen LogP contribution >= 0.6 is 0 Å². The normalized spacial score (nSPS) is 14.0. The number of phenols is 1. The van der Waals surface area contributed by atoms with Gasteiger partial charge in [0.25, 0.3) is 10.0 Å². The van der Waals surface area contributed by atoms with Crippen molar-refractivity contribution in [3.8, 4) is 11.5 Å². The molecule has 4 rings (SSSR count). The first-order chi connectivity index (χ1) is 16.0. The molecule has 0 amide bonds. The van der Waals surface area contributed by atoms with Gasteiger partial charge in [-0.15, -0.1) is 0 Å². The minimum Gasteiger partial charge on any atom is -0.504 e. The molecule has 3 aromatic rings. The van der Waals surface area contributed by atoms with E-state index in [4.69, 9.17) is 4.74 Å². The SMILES string of the molecule is COc1cccc(CNc2cc(N3CCNCC3)ccc2NS(=O)(=O)c2ccccc2)c1O. The molecule has 0 spiro atoms. The van der Waals surface area contributed by atoms with Crippen LogP contribution in [0.3, 0.4) is 0 Å². The molecule has 9 heteroatoms. The molecule has 3 aromatic carbocycles. The molecule has 0 saturated carbocycles. The highest BCUT2D eigenvalue weighted by molar-refractivity contribution is 7.92. The number of rotatable bonds is 8. The zero-order chi connectivity index (χ0) is 23.3. The molecule has 1 aliphatic rings. The third-order valence-electron chi connectivity index (χ3n) is 5.55. The van der Waals surface area contributed by atoms with Crippen LogP contribution in [-0.2, 0) is 16.6 Å². The first-order valence-corrected chi connectivity index (χ1v) is 12.2. The number of nitrogens with zero attached hydrogens (tertiary/aromatic N) is 1. The quantitative estimate of drug-likeness (QED) is 0.403. The fourth-order valence-corrected chi connectivity index (χ4v) is 4.86. The van der Waals surface area contributed by atoms with Gasteiger partial charge in [0.2, 0.25) is 0 Å². The lowest BCUT2D eigenvalue weighted by Gasteiger charge is -2.30. The van der Waals surface area contributed by atoms with E-state index < -0.39 is 10.0 Å². The van der Waals surface area contributed by atoms with Crippen LogP contribution in [0.25, 0.3) is 0 Å². The largest absolute Gasteiger partial charge is 0.504 e. The summed E-state index contributed by atoms with van der Waals surface area (Å²) in [7, 11) is -2.26. The van der Waals surface area contributed by atoms with E-state index in [0.29, 0.717) is 22.7 Å². The smallest absolute Gasteiger partial charge is 0.261 e. The maximum Gasteiger partial charge on any atom is 0.261 e. The van der Waals surface area contributed by atoms with Crippen LogP contribution in [0, 0.1) is 0 Å². The van der Waals surface area contributed by atoms with Gasteiger partial charge < -0.3 is 25.4 Å². The summed E-state index contributed by atoms with van der Waals surface area (Å²) in [6.45, 7) is 3.80. The second-order valence-corrected chi connectivity index (χ2v) is 9.39. The molecule has 0 bridgehead atoms. The van der Waals surface area contributed by atoms with Crippen LogP contribution in [-0.4, -0.2) is 46.8 Å². The monoisotopic (exact) mass is 468 g/mol. The number of ether oxygens (including phenoxy) is 1. The average molecular weight is 469 g/mol. The zero-order valence-electron chi connectivity index (χ0n) is 18.4. The van der Waals surface area contributed by atoms with E-state index in [1.165, 1.54) is 7.11 Å². The van der Waals surface area contributed by atoms with E-state index in [0.717, 1.165) is 31.9 Å². The molecular weight excluding hydrogens is 440 g/mol. The first kappa shape index (κ1) is 22.8. The highest BCUT2D eigenvalue weighted by Gasteiger charge is 2.18. The number of para-hydroxylation sites is 1. The maximum absolute atomic E-state index is 12.9. The summed E-state index contributed by atoms with van der Waals surface area (Å²) in [5, 5.41) is 17.1. The summed E-state index contributed by atoms with van der Waals surface area (Å²) in [6.07, 6.45) is 0. The van der Waals surface area contributed by atoms with Crippen molar-refractivity contribution in [2.24, 2.45) is 0 Å². The molecule has 8 nitrogen and oxygen atoms in total. The van der Waals surface area contributed by atoms with Crippen molar-refractivity contribution in [2.75, 3.05) is 48.2 Å². The molecule has 1 heterocycles. The lowest BCUT2D eigenvalue weighted by Crippen LogP contribution is -2.43. The Hall–Kier alpha value is -3.43. The number of phenolic OH excluding ortho intramolecular Hbond substituents is 1. The number of piperazine rings is 1. The Morgan fingerprint density at radius 2 is 1.76 bits per heavy atom. The van der Waals surface area contributed by atoms with Gasteiger partial charge in [-0.05, 0) is 36.4 Å². The van der Waals surface area contributed by atoms with Crippen LogP contribution in [0.1, 0.15) is 5.56 Å². The lowest BCUT2D eigenvalue weighted by molar-refractivity contribution is 0.371. The third kappa shape index (κ3) is 5.32. The standard InChI is InChI=1S/C24H28N4O4S/c1-32-23-9-5-6-18(24(23)29)17-26-22-16-19(28-14-12-25-13-15-28)10-11-21(22)27-33(30,31)20-7-3-2-4-8-20/h2-11,16,25-27,29H,12-15,17H2,1H3. The number of aromatic hydroxyl groups is 1. The number of nitrogens with one attached hydrogen (secondary N) is 3. The van der Waals surface area contributed by atoms with Gasteiger partial charge in [0, 0.05) is 44.0 Å². The van der Waals surface area contributed by atoms with Crippen LogP contribution in [0.4, 0.5) is 17.1 Å². The van der Waals surface area contributed by atoms with Gasteiger partial charge in [-0.25, -0.2) is 8.42 Å². The number of anilines is 3. The first-order valence-electron chi connectivity index (χ1n) is 10.7. The summed E-state index contributed by atoms with van der Waals surface area (Å²) >= 11 is 0. The molecule has 174 valence electrons. The molecule has 4 N–H and O–H groups in total. The molecular formula is C24H28N4O4S. The van der Waals surface area contributed by atoms with Gasteiger partial charge in [-0.2, -0.15) is 0 Å². The Balaban J connectivity index is 1.64. The minimum absolute atomic E-state index is 0.0529. The van der Waals surface area contributed by atoms with Gasteiger partial charge >= 0.3 is 0 Å². The Labute approximate surface area is 194 Å². The van der Waals surface area contributed by atoms with E-state index in [9.17, 15) is 13.5 Å². The Morgan fingerprint density at radius 3 is 2.48 bits per heavy atom. The average Bonchev–Trinajstić information content (AvgIpc) is 2.85.